The second kappa shape index (κ2) is 9.39. The van der Waals surface area contributed by atoms with Crippen LogP contribution in [0, 0.1) is 0 Å². The molecule has 0 spiro atoms. The Labute approximate surface area is 146 Å². The number of nitrogens with one attached hydrogen (secondary N) is 3. The first-order valence-corrected chi connectivity index (χ1v) is 7.95. The van der Waals surface area contributed by atoms with Gasteiger partial charge in [0.25, 0.3) is 5.91 Å². The second-order valence-corrected chi connectivity index (χ2v) is 5.45. The Bertz CT molecular complexity index is 717. The maximum absolute atomic E-state index is 12.3. The number of hydrogen-bond acceptors (Lipinski definition) is 5. The third-order valence-corrected chi connectivity index (χ3v) is 3.32. The van der Waals surface area contributed by atoms with Crippen LogP contribution in [-0.4, -0.2) is 37.1 Å². The predicted molar refractivity (Wildman–Crippen MR) is 97.9 cm³/mol. The zero-order chi connectivity index (χ0) is 18.1. The van der Waals surface area contributed by atoms with Gasteiger partial charge in [-0.25, -0.2) is 0 Å². The highest BCUT2D eigenvalue weighted by molar-refractivity contribution is 6.04. The summed E-state index contributed by atoms with van der Waals surface area (Å²) in [6.07, 6.45) is 4.06. The lowest BCUT2D eigenvalue weighted by Crippen LogP contribution is -2.13. The number of amides is 2. The molecule has 0 fully saturated rings. The quantitative estimate of drug-likeness (QED) is 0.642. The molecule has 0 unspecified atom stereocenters. The predicted octanol–water partition coefficient (Wildman–Crippen LogP) is 2.74. The first-order valence-electron chi connectivity index (χ1n) is 7.95. The minimum Gasteiger partial charge on any atom is -0.385 e. The SMILES string of the molecule is COCCCNc1cncc(C(=O)Nc2ccc(NC(C)=O)cc2)c1. The molecule has 2 aromatic rings. The fraction of sp³-hybridized carbons (Fsp3) is 0.278. The van der Waals surface area contributed by atoms with E-state index in [9.17, 15) is 9.59 Å². The Balaban J connectivity index is 1.94. The summed E-state index contributed by atoms with van der Waals surface area (Å²) in [5.74, 6) is -0.391. The Kier molecular flexibility index (Phi) is 6.91. The topological polar surface area (TPSA) is 92.3 Å². The normalized spacial score (nSPS) is 10.2. The van der Waals surface area contributed by atoms with Gasteiger partial charge in [-0.3, -0.25) is 14.6 Å². The van der Waals surface area contributed by atoms with Gasteiger partial charge in [-0.05, 0) is 36.8 Å². The van der Waals surface area contributed by atoms with E-state index in [1.165, 1.54) is 13.1 Å². The monoisotopic (exact) mass is 342 g/mol. The number of anilines is 3. The third kappa shape index (κ3) is 6.23. The van der Waals surface area contributed by atoms with Crippen LogP contribution < -0.4 is 16.0 Å². The van der Waals surface area contributed by atoms with Crippen molar-refractivity contribution in [3.8, 4) is 0 Å². The number of methoxy groups -OCH3 is 1. The minimum absolute atomic E-state index is 0.141. The Morgan fingerprint density at radius 3 is 2.36 bits per heavy atom. The molecule has 0 aliphatic rings. The molecule has 7 nitrogen and oxygen atoms in total. The van der Waals surface area contributed by atoms with Crippen molar-refractivity contribution >= 4 is 28.9 Å². The van der Waals surface area contributed by atoms with Gasteiger partial charge in [-0.1, -0.05) is 0 Å². The van der Waals surface area contributed by atoms with Gasteiger partial charge in [0.05, 0.1) is 11.3 Å². The maximum Gasteiger partial charge on any atom is 0.257 e. The Morgan fingerprint density at radius 1 is 1.04 bits per heavy atom. The second-order valence-electron chi connectivity index (χ2n) is 5.45. The molecule has 1 aromatic heterocycles. The van der Waals surface area contributed by atoms with Gasteiger partial charge in [0.15, 0.2) is 0 Å². The third-order valence-electron chi connectivity index (χ3n) is 3.32. The van der Waals surface area contributed by atoms with E-state index in [0.29, 0.717) is 23.5 Å². The number of aromatic nitrogens is 1. The van der Waals surface area contributed by atoms with Crippen molar-refractivity contribution in [1.82, 2.24) is 4.98 Å². The molecule has 1 aromatic carbocycles. The maximum atomic E-state index is 12.3. The Hall–Kier alpha value is -2.93. The summed E-state index contributed by atoms with van der Waals surface area (Å²) < 4.78 is 4.99. The van der Waals surface area contributed by atoms with Gasteiger partial charge in [0.2, 0.25) is 5.91 Å². The van der Waals surface area contributed by atoms with Gasteiger partial charge in [-0.2, -0.15) is 0 Å². The zero-order valence-corrected chi connectivity index (χ0v) is 14.3. The molecule has 0 atom stereocenters. The smallest absolute Gasteiger partial charge is 0.257 e. The largest absolute Gasteiger partial charge is 0.385 e. The lowest BCUT2D eigenvalue weighted by molar-refractivity contribution is -0.114. The molecule has 7 heteroatoms. The number of carbonyl (C=O) groups excluding carboxylic acids is 2. The zero-order valence-electron chi connectivity index (χ0n) is 14.3. The lowest BCUT2D eigenvalue weighted by Gasteiger charge is -2.09. The summed E-state index contributed by atoms with van der Waals surface area (Å²) in [6.45, 7) is 2.86. The summed E-state index contributed by atoms with van der Waals surface area (Å²) in [6, 6.07) is 8.65. The van der Waals surface area contributed by atoms with Crippen molar-refractivity contribution in [2.45, 2.75) is 13.3 Å². The molecule has 132 valence electrons. The summed E-state index contributed by atoms with van der Waals surface area (Å²) in [7, 11) is 1.66. The molecule has 3 N–H and O–H groups in total. The van der Waals surface area contributed by atoms with E-state index in [1.54, 1.807) is 43.6 Å². The van der Waals surface area contributed by atoms with Crippen LogP contribution in [-0.2, 0) is 9.53 Å². The first kappa shape index (κ1) is 18.4. The van der Waals surface area contributed by atoms with Crippen molar-refractivity contribution in [2.24, 2.45) is 0 Å². The van der Waals surface area contributed by atoms with Crippen LogP contribution >= 0.6 is 0 Å². The molecule has 2 amide bonds. The van der Waals surface area contributed by atoms with Crippen LogP contribution in [0.4, 0.5) is 17.1 Å². The first-order chi connectivity index (χ1) is 12.1. The molecule has 2 rings (SSSR count). The van der Waals surface area contributed by atoms with Gasteiger partial charge in [-0.15, -0.1) is 0 Å². The molecule has 1 heterocycles. The van der Waals surface area contributed by atoms with Gasteiger partial charge in [0.1, 0.15) is 0 Å². The number of pyridine rings is 1. The molecule has 0 bridgehead atoms. The number of hydrogen-bond donors (Lipinski definition) is 3. The average Bonchev–Trinajstić information content (AvgIpc) is 2.60. The van der Waals surface area contributed by atoms with E-state index in [2.05, 4.69) is 20.9 Å². The highest BCUT2D eigenvalue weighted by atomic mass is 16.5. The van der Waals surface area contributed by atoms with E-state index < -0.39 is 0 Å². The molecule has 0 saturated heterocycles. The summed E-state index contributed by atoms with van der Waals surface area (Å²) >= 11 is 0. The highest BCUT2D eigenvalue weighted by Gasteiger charge is 2.08. The van der Waals surface area contributed by atoms with E-state index in [1.807, 2.05) is 0 Å². The van der Waals surface area contributed by atoms with Crippen LogP contribution in [0.15, 0.2) is 42.7 Å². The summed E-state index contributed by atoms with van der Waals surface area (Å²) in [5, 5.41) is 8.68. The van der Waals surface area contributed by atoms with E-state index in [4.69, 9.17) is 4.74 Å². The van der Waals surface area contributed by atoms with Crippen LogP contribution in [0.5, 0.6) is 0 Å². The van der Waals surface area contributed by atoms with Gasteiger partial charge >= 0.3 is 0 Å². The Morgan fingerprint density at radius 2 is 1.72 bits per heavy atom. The van der Waals surface area contributed by atoms with Crippen molar-refractivity contribution in [2.75, 3.05) is 36.2 Å². The number of benzene rings is 1. The summed E-state index contributed by atoms with van der Waals surface area (Å²) in [5.41, 5.74) is 2.56. The van der Waals surface area contributed by atoms with Gasteiger partial charge < -0.3 is 20.7 Å². The number of ether oxygens (including phenoxy) is 1. The number of rotatable bonds is 8. The summed E-state index contributed by atoms with van der Waals surface area (Å²) in [4.78, 5) is 27.4. The van der Waals surface area contributed by atoms with Crippen LogP contribution in [0.25, 0.3) is 0 Å². The van der Waals surface area contributed by atoms with Crippen molar-refractivity contribution < 1.29 is 14.3 Å². The van der Waals surface area contributed by atoms with Crippen LogP contribution in [0.3, 0.4) is 0 Å². The van der Waals surface area contributed by atoms with Crippen molar-refractivity contribution in [3.05, 3.63) is 48.3 Å². The van der Waals surface area contributed by atoms with E-state index in [-0.39, 0.29) is 11.8 Å². The van der Waals surface area contributed by atoms with Crippen LogP contribution in [0.1, 0.15) is 23.7 Å². The average molecular weight is 342 g/mol. The standard InChI is InChI=1S/C18H22N4O3/c1-13(23)21-15-4-6-16(7-5-15)22-18(24)14-10-17(12-19-11-14)20-8-3-9-25-2/h4-7,10-12,20H,3,8-9H2,1-2H3,(H,21,23)(H,22,24). The highest BCUT2D eigenvalue weighted by Crippen LogP contribution is 2.15. The fourth-order valence-corrected chi connectivity index (χ4v) is 2.15. The molecular weight excluding hydrogens is 320 g/mol. The minimum atomic E-state index is -0.250. The van der Waals surface area contributed by atoms with Crippen molar-refractivity contribution in [3.63, 3.8) is 0 Å². The lowest BCUT2D eigenvalue weighted by atomic mass is 10.2. The fourth-order valence-electron chi connectivity index (χ4n) is 2.15. The molecule has 0 aliphatic carbocycles. The molecule has 0 saturated carbocycles. The van der Waals surface area contributed by atoms with Gasteiger partial charge in [0, 0.05) is 51.0 Å². The molecular formula is C18H22N4O3. The van der Waals surface area contributed by atoms with Crippen LogP contribution in [0.2, 0.25) is 0 Å². The number of nitrogens with zero attached hydrogens (tertiary/aromatic N) is 1. The van der Waals surface area contributed by atoms with E-state index >= 15 is 0 Å². The molecule has 25 heavy (non-hydrogen) atoms. The molecule has 0 radical (unpaired) electrons. The number of carbonyl (C=O) groups is 2. The van der Waals surface area contributed by atoms with Crippen molar-refractivity contribution in [1.29, 1.82) is 0 Å². The van der Waals surface area contributed by atoms with E-state index in [0.717, 1.165) is 18.7 Å². The molecule has 0 aliphatic heterocycles.